The van der Waals surface area contributed by atoms with Crippen LogP contribution in [-0.2, 0) is 0 Å². The fraction of sp³-hybridized carbons (Fsp3) is 0. The fourth-order valence-corrected chi connectivity index (χ4v) is 10.1. The van der Waals surface area contributed by atoms with Crippen LogP contribution in [0.25, 0.3) is 116 Å². The first kappa shape index (κ1) is 33.8. The molecule has 61 heavy (non-hydrogen) atoms. The van der Waals surface area contributed by atoms with Crippen LogP contribution in [0.5, 0.6) is 0 Å². The molecule has 284 valence electrons. The Morgan fingerprint density at radius 1 is 0.213 bits per heavy atom. The number of nitrogens with zero attached hydrogens (tertiary/aromatic N) is 3. The molecule has 0 saturated heterocycles. The fourth-order valence-electron chi connectivity index (χ4n) is 10.1. The predicted octanol–water partition coefficient (Wildman–Crippen LogP) is 15.5. The van der Waals surface area contributed by atoms with Crippen LogP contribution >= 0.6 is 0 Å². The van der Waals surface area contributed by atoms with Gasteiger partial charge in [-0.05, 0) is 107 Å². The molecule has 3 heteroatoms. The summed E-state index contributed by atoms with van der Waals surface area (Å²) < 4.78 is 7.33. The Morgan fingerprint density at radius 2 is 0.656 bits per heavy atom. The molecule has 0 saturated carbocycles. The summed E-state index contributed by atoms with van der Waals surface area (Å²) in [6.45, 7) is 0. The third-order valence-electron chi connectivity index (χ3n) is 12.8. The number of para-hydroxylation sites is 3. The maximum Gasteiger partial charge on any atom is 0.0548 e. The number of fused-ring (bicyclic) bond motifs is 10. The number of rotatable bonds is 5. The number of hydrogen-bond acceptors (Lipinski definition) is 0. The molecule has 0 fully saturated rings. The summed E-state index contributed by atoms with van der Waals surface area (Å²) in [5.74, 6) is 0. The van der Waals surface area contributed by atoms with Crippen LogP contribution in [-0.4, -0.2) is 13.7 Å². The van der Waals surface area contributed by atoms with Crippen molar-refractivity contribution in [1.29, 1.82) is 0 Å². The molecular weight excluding hydrogens is 739 g/mol. The van der Waals surface area contributed by atoms with Gasteiger partial charge < -0.3 is 13.7 Å². The molecular formula is C58H37N3. The Hall–Kier alpha value is -8.14. The van der Waals surface area contributed by atoms with E-state index in [4.69, 9.17) is 0 Å². The standard InChI is InChI=1S/C58H37N3/c1-3-15-38(16-4-1)40-19-13-22-44(33-40)60-55-31-29-42(35-49(55)51-37-57-50(36-58(51)60)47-25-9-11-26-53(47)59(57)43-20-5-2-6-21-43)41-30-32-56-48(34-41)46-24-10-12-27-54(46)61(56)52-28-14-18-39-17-7-8-23-45(39)52/h1-37H. The van der Waals surface area contributed by atoms with Crippen LogP contribution in [0.2, 0.25) is 0 Å². The third kappa shape index (κ3) is 5.11. The van der Waals surface area contributed by atoms with Gasteiger partial charge in [0.05, 0.1) is 38.8 Å². The molecule has 0 radical (unpaired) electrons. The number of benzene rings is 10. The average Bonchev–Trinajstić information content (AvgIpc) is 3.96. The van der Waals surface area contributed by atoms with Crippen LogP contribution in [0.3, 0.4) is 0 Å². The van der Waals surface area contributed by atoms with Gasteiger partial charge in [0, 0.05) is 49.1 Å². The summed E-state index contributed by atoms with van der Waals surface area (Å²) in [4.78, 5) is 0. The zero-order valence-electron chi connectivity index (χ0n) is 33.2. The second kappa shape index (κ2) is 13.2. The van der Waals surface area contributed by atoms with E-state index in [2.05, 4.69) is 238 Å². The first-order chi connectivity index (χ1) is 30.3. The monoisotopic (exact) mass is 775 g/mol. The van der Waals surface area contributed by atoms with Crippen LogP contribution in [0.4, 0.5) is 0 Å². The topological polar surface area (TPSA) is 14.8 Å². The van der Waals surface area contributed by atoms with E-state index in [0.29, 0.717) is 0 Å². The van der Waals surface area contributed by atoms with Gasteiger partial charge in [-0.1, -0.05) is 146 Å². The Morgan fingerprint density at radius 3 is 1.38 bits per heavy atom. The van der Waals surface area contributed by atoms with Gasteiger partial charge in [-0.15, -0.1) is 0 Å². The van der Waals surface area contributed by atoms with Crippen molar-refractivity contribution in [2.75, 3.05) is 0 Å². The van der Waals surface area contributed by atoms with E-state index in [0.717, 1.165) is 11.4 Å². The maximum atomic E-state index is 2.47. The van der Waals surface area contributed by atoms with Gasteiger partial charge in [0.2, 0.25) is 0 Å². The second-order valence-corrected chi connectivity index (χ2v) is 16.1. The zero-order valence-corrected chi connectivity index (χ0v) is 33.2. The Kier molecular flexibility index (Phi) is 7.31. The van der Waals surface area contributed by atoms with Crippen LogP contribution in [0.15, 0.2) is 224 Å². The lowest BCUT2D eigenvalue weighted by Crippen LogP contribution is -1.95. The SMILES string of the molecule is c1ccc(-c2cccc(-n3c4ccc(-c5ccc6c(c5)c5ccccc5n6-c5cccc6ccccc56)cc4c4cc5c(cc43)c3ccccc3n5-c3ccccc3)c2)cc1. The van der Waals surface area contributed by atoms with Gasteiger partial charge in [0.1, 0.15) is 0 Å². The van der Waals surface area contributed by atoms with Crippen molar-refractivity contribution in [2.45, 2.75) is 0 Å². The van der Waals surface area contributed by atoms with Gasteiger partial charge in [-0.25, -0.2) is 0 Å². The molecule has 0 aliphatic rings. The van der Waals surface area contributed by atoms with E-state index in [9.17, 15) is 0 Å². The molecule has 0 atom stereocenters. The van der Waals surface area contributed by atoms with Gasteiger partial charge >= 0.3 is 0 Å². The molecule has 3 nitrogen and oxygen atoms in total. The number of hydrogen-bond donors (Lipinski definition) is 0. The van der Waals surface area contributed by atoms with Crippen molar-refractivity contribution in [3.05, 3.63) is 224 Å². The van der Waals surface area contributed by atoms with Crippen molar-refractivity contribution in [1.82, 2.24) is 13.7 Å². The van der Waals surface area contributed by atoms with Crippen molar-refractivity contribution in [2.24, 2.45) is 0 Å². The van der Waals surface area contributed by atoms with E-state index in [1.165, 1.54) is 104 Å². The largest absolute Gasteiger partial charge is 0.309 e. The molecule has 13 aromatic rings. The molecule has 13 rings (SSSR count). The van der Waals surface area contributed by atoms with E-state index in [-0.39, 0.29) is 0 Å². The summed E-state index contributed by atoms with van der Waals surface area (Å²) >= 11 is 0. The number of aromatic nitrogens is 3. The lowest BCUT2D eigenvalue weighted by atomic mass is 10.00. The maximum absolute atomic E-state index is 2.47. The molecule has 0 N–H and O–H groups in total. The van der Waals surface area contributed by atoms with Crippen LogP contribution < -0.4 is 0 Å². The van der Waals surface area contributed by atoms with E-state index < -0.39 is 0 Å². The summed E-state index contributed by atoms with van der Waals surface area (Å²) in [7, 11) is 0. The smallest absolute Gasteiger partial charge is 0.0548 e. The van der Waals surface area contributed by atoms with Gasteiger partial charge in [-0.3, -0.25) is 0 Å². The average molecular weight is 776 g/mol. The van der Waals surface area contributed by atoms with Crippen LogP contribution in [0.1, 0.15) is 0 Å². The quantitative estimate of drug-likeness (QED) is 0.165. The van der Waals surface area contributed by atoms with Gasteiger partial charge in [0.25, 0.3) is 0 Å². The van der Waals surface area contributed by atoms with Crippen molar-refractivity contribution < 1.29 is 0 Å². The van der Waals surface area contributed by atoms with Gasteiger partial charge in [0.15, 0.2) is 0 Å². The summed E-state index contributed by atoms with van der Waals surface area (Å²) in [5.41, 5.74) is 15.5. The lowest BCUT2D eigenvalue weighted by molar-refractivity contribution is 1.17. The van der Waals surface area contributed by atoms with Crippen molar-refractivity contribution in [3.63, 3.8) is 0 Å². The van der Waals surface area contributed by atoms with E-state index in [1.54, 1.807) is 0 Å². The van der Waals surface area contributed by atoms with E-state index in [1.807, 2.05) is 0 Å². The normalized spacial score (nSPS) is 11.9. The molecule has 0 unspecified atom stereocenters. The minimum absolute atomic E-state index is 1.14. The second-order valence-electron chi connectivity index (χ2n) is 16.1. The highest BCUT2D eigenvalue weighted by Gasteiger charge is 2.20. The molecule has 3 aromatic heterocycles. The summed E-state index contributed by atoms with van der Waals surface area (Å²) in [6, 6.07) is 82.3. The predicted molar refractivity (Wildman–Crippen MR) is 258 cm³/mol. The molecule has 0 aliphatic heterocycles. The highest BCUT2D eigenvalue weighted by atomic mass is 15.0. The third-order valence-corrected chi connectivity index (χ3v) is 12.8. The van der Waals surface area contributed by atoms with E-state index >= 15 is 0 Å². The summed E-state index contributed by atoms with van der Waals surface area (Å²) in [6.07, 6.45) is 0. The molecule has 0 spiro atoms. The van der Waals surface area contributed by atoms with Gasteiger partial charge in [-0.2, -0.15) is 0 Å². The molecule has 0 aliphatic carbocycles. The molecule has 0 bridgehead atoms. The first-order valence-electron chi connectivity index (χ1n) is 21.0. The minimum atomic E-state index is 1.14. The lowest BCUT2D eigenvalue weighted by Gasteiger charge is -2.12. The molecule has 0 amide bonds. The Labute approximate surface area is 352 Å². The highest BCUT2D eigenvalue weighted by molar-refractivity contribution is 6.20. The molecule has 10 aromatic carbocycles. The Bertz CT molecular complexity index is 3860. The van der Waals surface area contributed by atoms with Crippen molar-refractivity contribution >= 4 is 76.2 Å². The van der Waals surface area contributed by atoms with Crippen LogP contribution in [0, 0.1) is 0 Å². The first-order valence-corrected chi connectivity index (χ1v) is 21.0. The zero-order chi connectivity index (χ0) is 40.0. The summed E-state index contributed by atoms with van der Waals surface area (Å²) in [5, 5.41) is 9.91. The highest BCUT2D eigenvalue weighted by Crippen LogP contribution is 2.42. The minimum Gasteiger partial charge on any atom is -0.309 e. The Balaban J connectivity index is 1.07. The van der Waals surface area contributed by atoms with Crippen molar-refractivity contribution in [3.8, 4) is 39.3 Å². The molecule has 3 heterocycles.